The molecule has 0 bridgehead atoms. The number of carbonyl (C=O) groups is 2. The Morgan fingerprint density at radius 3 is 2.72 bits per heavy atom. The number of fused-ring (bicyclic) bond motifs is 5. The van der Waals surface area contributed by atoms with Gasteiger partial charge in [0.15, 0.2) is 0 Å². The first-order valence-corrected chi connectivity index (χ1v) is 10.0. The topological polar surface area (TPSA) is 52.6 Å². The van der Waals surface area contributed by atoms with E-state index in [1.165, 1.54) is 34.0 Å². The van der Waals surface area contributed by atoms with Crippen molar-refractivity contribution in [1.82, 2.24) is 0 Å². The summed E-state index contributed by atoms with van der Waals surface area (Å²) in [6, 6.07) is 8.60. The van der Waals surface area contributed by atoms with Gasteiger partial charge < -0.3 is 9.47 Å². The predicted molar refractivity (Wildman–Crippen MR) is 114 cm³/mol. The number of ether oxygens (including phenoxy) is 2. The van der Waals surface area contributed by atoms with Crippen LogP contribution in [0.4, 0.5) is 0 Å². The van der Waals surface area contributed by atoms with Gasteiger partial charge >= 0.3 is 11.9 Å². The Bertz CT molecular complexity index is 1170. The largest absolute Gasteiger partial charge is 0.466 e. The van der Waals surface area contributed by atoms with E-state index in [1.807, 2.05) is 19.1 Å². The lowest BCUT2D eigenvalue weighted by Gasteiger charge is -2.16. The van der Waals surface area contributed by atoms with Crippen LogP contribution in [-0.4, -0.2) is 18.5 Å². The van der Waals surface area contributed by atoms with Crippen LogP contribution in [0.2, 0.25) is 0 Å². The highest BCUT2D eigenvalue weighted by molar-refractivity contribution is 5.96. The van der Waals surface area contributed by atoms with Crippen molar-refractivity contribution >= 4 is 40.9 Å². The van der Waals surface area contributed by atoms with Gasteiger partial charge in [-0.2, -0.15) is 0 Å². The second-order valence-corrected chi connectivity index (χ2v) is 7.58. The highest BCUT2D eigenvalue weighted by Gasteiger charge is 2.18. The Morgan fingerprint density at radius 2 is 1.90 bits per heavy atom. The summed E-state index contributed by atoms with van der Waals surface area (Å²) in [6.45, 7) is 3.55. The van der Waals surface area contributed by atoms with E-state index in [4.69, 9.17) is 9.47 Å². The SMILES string of the molecule is CC(=O)OCCCC(C)C(=O)OC1=CCc2c(ccc3c4c(ccc23)=CC=C4)=C1. The van der Waals surface area contributed by atoms with Crippen molar-refractivity contribution in [3.05, 3.63) is 63.7 Å². The molecule has 2 aromatic rings. The Hall–Kier alpha value is -3.14. The van der Waals surface area contributed by atoms with Gasteiger partial charge in [-0.05, 0) is 63.8 Å². The zero-order valence-electron chi connectivity index (χ0n) is 16.7. The molecule has 0 radical (unpaired) electrons. The molecular formula is C25H24O4. The smallest absolute Gasteiger partial charge is 0.314 e. The molecule has 0 N–H and O–H groups in total. The van der Waals surface area contributed by atoms with E-state index in [2.05, 4.69) is 42.5 Å². The van der Waals surface area contributed by atoms with E-state index >= 15 is 0 Å². The van der Waals surface area contributed by atoms with Crippen molar-refractivity contribution in [2.45, 2.75) is 33.1 Å². The minimum absolute atomic E-state index is 0.247. The third-order valence-corrected chi connectivity index (χ3v) is 5.48. The van der Waals surface area contributed by atoms with Crippen LogP contribution in [0.15, 0.2) is 42.2 Å². The molecule has 0 saturated heterocycles. The van der Waals surface area contributed by atoms with Gasteiger partial charge in [-0.15, -0.1) is 0 Å². The Morgan fingerprint density at radius 1 is 1.10 bits per heavy atom. The zero-order valence-corrected chi connectivity index (χ0v) is 16.7. The quantitative estimate of drug-likeness (QED) is 0.562. The van der Waals surface area contributed by atoms with Gasteiger partial charge in [0.05, 0.1) is 12.5 Å². The van der Waals surface area contributed by atoms with Crippen molar-refractivity contribution in [2.75, 3.05) is 6.61 Å². The van der Waals surface area contributed by atoms with E-state index in [-0.39, 0.29) is 17.9 Å². The number of benzene rings is 2. The Balaban J connectivity index is 1.47. The number of rotatable bonds is 6. The van der Waals surface area contributed by atoms with Gasteiger partial charge in [0.25, 0.3) is 0 Å². The van der Waals surface area contributed by atoms with Crippen LogP contribution in [0, 0.1) is 5.92 Å². The van der Waals surface area contributed by atoms with Crippen LogP contribution in [0.25, 0.3) is 29.0 Å². The maximum absolute atomic E-state index is 12.4. The van der Waals surface area contributed by atoms with E-state index in [0.717, 1.165) is 11.6 Å². The summed E-state index contributed by atoms with van der Waals surface area (Å²) in [5.41, 5.74) is 2.54. The number of hydrogen-bond acceptors (Lipinski definition) is 4. The van der Waals surface area contributed by atoms with Gasteiger partial charge in [-0.3, -0.25) is 9.59 Å². The average molecular weight is 388 g/mol. The molecule has 2 aliphatic rings. The third kappa shape index (κ3) is 4.02. The number of carbonyl (C=O) groups excluding carboxylic acids is 2. The lowest BCUT2D eigenvalue weighted by Crippen LogP contribution is -2.19. The fourth-order valence-corrected chi connectivity index (χ4v) is 3.89. The normalized spacial score (nSPS) is 14.9. The molecule has 29 heavy (non-hydrogen) atoms. The molecule has 2 aliphatic carbocycles. The summed E-state index contributed by atoms with van der Waals surface area (Å²) in [5, 5.41) is 4.86. The number of hydrogen-bond donors (Lipinski definition) is 0. The van der Waals surface area contributed by atoms with Crippen molar-refractivity contribution in [3.63, 3.8) is 0 Å². The molecule has 148 valence electrons. The monoisotopic (exact) mass is 388 g/mol. The molecule has 2 aromatic carbocycles. The third-order valence-electron chi connectivity index (χ3n) is 5.48. The molecule has 0 heterocycles. The first-order valence-electron chi connectivity index (χ1n) is 10.0. The molecule has 1 atom stereocenters. The minimum Gasteiger partial charge on any atom is -0.466 e. The number of esters is 2. The van der Waals surface area contributed by atoms with Crippen LogP contribution in [0.5, 0.6) is 0 Å². The molecule has 4 nitrogen and oxygen atoms in total. The minimum atomic E-state index is -0.299. The Labute approximate surface area is 169 Å². The van der Waals surface area contributed by atoms with Crippen molar-refractivity contribution in [1.29, 1.82) is 0 Å². The highest BCUT2D eigenvalue weighted by atomic mass is 16.5. The fraction of sp³-hybridized carbons (Fsp3) is 0.280. The van der Waals surface area contributed by atoms with Crippen LogP contribution >= 0.6 is 0 Å². The van der Waals surface area contributed by atoms with Crippen molar-refractivity contribution in [2.24, 2.45) is 5.92 Å². The second-order valence-electron chi connectivity index (χ2n) is 7.58. The standard InChI is InChI=1S/C25H24O4/c1-16(5-4-14-28-17(2)26)25(27)29-20-10-13-22-19(15-20)9-12-23-21-7-3-6-18(21)8-11-24(22)23/h3,6-12,15-16H,4-5,13-14H2,1-2H3. The van der Waals surface area contributed by atoms with E-state index in [0.29, 0.717) is 25.2 Å². The molecule has 0 aliphatic heterocycles. The first-order chi connectivity index (χ1) is 14.0. The number of allylic oxidation sites excluding steroid dienone is 3. The van der Waals surface area contributed by atoms with Crippen LogP contribution in [0.3, 0.4) is 0 Å². The molecule has 1 unspecified atom stereocenters. The lowest BCUT2D eigenvalue weighted by atomic mass is 9.93. The van der Waals surface area contributed by atoms with E-state index in [1.54, 1.807) is 0 Å². The summed E-state index contributed by atoms with van der Waals surface area (Å²) >= 11 is 0. The van der Waals surface area contributed by atoms with Gasteiger partial charge in [0.1, 0.15) is 5.76 Å². The Kier molecular flexibility index (Phi) is 5.34. The van der Waals surface area contributed by atoms with Crippen LogP contribution in [0.1, 0.15) is 37.8 Å². The predicted octanol–water partition coefficient (Wildman–Crippen LogP) is 3.39. The van der Waals surface area contributed by atoms with Crippen molar-refractivity contribution < 1.29 is 19.1 Å². The van der Waals surface area contributed by atoms with Gasteiger partial charge in [-0.25, -0.2) is 0 Å². The molecule has 0 saturated carbocycles. The zero-order chi connectivity index (χ0) is 20.4. The fourth-order valence-electron chi connectivity index (χ4n) is 3.89. The average Bonchev–Trinajstić information content (AvgIpc) is 3.19. The second kappa shape index (κ2) is 8.08. The first kappa shape index (κ1) is 19.2. The molecule has 4 heteroatoms. The molecule has 4 rings (SSSR count). The van der Waals surface area contributed by atoms with Crippen LogP contribution in [-0.2, 0) is 25.5 Å². The van der Waals surface area contributed by atoms with Gasteiger partial charge in [0, 0.05) is 6.92 Å². The van der Waals surface area contributed by atoms with E-state index in [9.17, 15) is 9.59 Å². The van der Waals surface area contributed by atoms with Gasteiger partial charge in [0.2, 0.25) is 0 Å². The molecule has 0 fully saturated rings. The van der Waals surface area contributed by atoms with Crippen molar-refractivity contribution in [3.8, 4) is 0 Å². The summed E-state index contributed by atoms with van der Waals surface area (Å²) in [5.74, 6) is -0.197. The van der Waals surface area contributed by atoms with Gasteiger partial charge in [-0.1, -0.05) is 49.4 Å². The molecule has 0 aromatic heterocycles. The molecule has 0 spiro atoms. The summed E-state index contributed by atoms with van der Waals surface area (Å²) in [7, 11) is 0. The summed E-state index contributed by atoms with van der Waals surface area (Å²) in [6.07, 6.45) is 12.3. The maximum Gasteiger partial charge on any atom is 0.314 e. The molecular weight excluding hydrogens is 364 g/mol. The summed E-state index contributed by atoms with van der Waals surface area (Å²) in [4.78, 5) is 23.2. The summed E-state index contributed by atoms with van der Waals surface area (Å²) < 4.78 is 10.5. The lowest BCUT2D eigenvalue weighted by molar-refractivity contribution is -0.143. The molecule has 0 amide bonds. The highest BCUT2D eigenvalue weighted by Crippen LogP contribution is 2.24. The van der Waals surface area contributed by atoms with Crippen LogP contribution < -0.4 is 10.4 Å². The maximum atomic E-state index is 12.4. The van der Waals surface area contributed by atoms with E-state index < -0.39 is 0 Å².